The first-order chi connectivity index (χ1) is 12.4. The fourth-order valence-electron chi connectivity index (χ4n) is 2.56. The second kappa shape index (κ2) is 9.45. The number of amides is 1. The van der Waals surface area contributed by atoms with Crippen LogP contribution in [-0.2, 0) is 33.5 Å². The van der Waals surface area contributed by atoms with Gasteiger partial charge in [-0.15, -0.1) is 0 Å². The normalized spacial score (nSPS) is 11.5. The van der Waals surface area contributed by atoms with Gasteiger partial charge in [-0.3, -0.25) is 9.78 Å². The molecule has 0 aliphatic rings. The fourth-order valence-corrected chi connectivity index (χ4v) is 4.05. The van der Waals surface area contributed by atoms with Gasteiger partial charge >= 0.3 is 0 Å². The molecule has 1 aromatic carbocycles. The number of nitrogens with one attached hydrogen (secondary N) is 2. The summed E-state index contributed by atoms with van der Waals surface area (Å²) in [5.74, 6) is -0.181. The fraction of sp³-hybridized carbons (Fsp3) is 0.368. The molecule has 140 valence electrons. The van der Waals surface area contributed by atoms with Crippen molar-refractivity contribution in [3.8, 4) is 0 Å². The number of nitrogens with zero attached hydrogens (tertiary/aromatic N) is 1. The molecule has 2 rings (SSSR count). The molecule has 1 amide bonds. The van der Waals surface area contributed by atoms with Crippen molar-refractivity contribution in [1.82, 2.24) is 15.0 Å². The minimum absolute atomic E-state index is 0.0770. The molecule has 2 N–H and O–H groups in total. The molecule has 0 saturated heterocycles. The lowest BCUT2D eigenvalue weighted by Gasteiger charge is -2.13. The Balaban J connectivity index is 1.92. The van der Waals surface area contributed by atoms with Crippen LogP contribution in [0.3, 0.4) is 0 Å². The molecule has 0 unspecified atom stereocenters. The van der Waals surface area contributed by atoms with Crippen LogP contribution in [0.5, 0.6) is 0 Å². The number of carbonyl (C=O) groups excluding carboxylic acids is 1. The quantitative estimate of drug-likeness (QED) is 0.703. The summed E-state index contributed by atoms with van der Waals surface area (Å²) < 4.78 is 26.9. The van der Waals surface area contributed by atoms with Gasteiger partial charge in [0, 0.05) is 31.4 Å². The molecule has 0 radical (unpaired) electrons. The highest BCUT2D eigenvalue weighted by Crippen LogP contribution is 2.12. The molecule has 26 heavy (non-hydrogen) atoms. The van der Waals surface area contributed by atoms with E-state index in [9.17, 15) is 13.2 Å². The molecule has 0 saturated carbocycles. The second-order valence-corrected chi connectivity index (χ2v) is 8.19. The van der Waals surface area contributed by atoms with E-state index in [1.165, 1.54) is 0 Å². The molecular weight excluding hydrogens is 350 g/mol. The molecule has 0 bridgehead atoms. The zero-order chi connectivity index (χ0) is 19.0. The Hall–Kier alpha value is -2.25. The summed E-state index contributed by atoms with van der Waals surface area (Å²) >= 11 is 0. The first-order valence-electron chi connectivity index (χ1n) is 8.58. The molecule has 1 heterocycles. The van der Waals surface area contributed by atoms with Crippen molar-refractivity contribution >= 4 is 15.9 Å². The zero-order valence-electron chi connectivity index (χ0n) is 15.1. The van der Waals surface area contributed by atoms with Crippen molar-refractivity contribution in [3.05, 3.63) is 65.5 Å². The molecule has 0 fully saturated rings. The number of pyridine rings is 1. The van der Waals surface area contributed by atoms with E-state index in [4.69, 9.17) is 0 Å². The third kappa shape index (κ3) is 6.93. The number of rotatable bonds is 9. The molecule has 2 aromatic rings. The minimum Gasteiger partial charge on any atom is -0.352 e. The van der Waals surface area contributed by atoms with Gasteiger partial charge in [-0.05, 0) is 43.0 Å². The monoisotopic (exact) mass is 375 g/mol. The van der Waals surface area contributed by atoms with Crippen LogP contribution in [0.4, 0.5) is 0 Å². The number of sulfonamides is 1. The lowest BCUT2D eigenvalue weighted by atomic mass is 10.1. The average molecular weight is 375 g/mol. The molecule has 7 heteroatoms. The van der Waals surface area contributed by atoms with Crippen LogP contribution in [-0.4, -0.2) is 25.4 Å². The first kappa shape index (κ1) is 20.1. The van der Waals surface area contributed by atoms with Crippen LogP contribution in [0.1, 0.15) is 37.0 Å². The van der Waals surface area contributed by atoms with Crippen LogP contribution < -0.4 is 10.0 Å². The SMILES string of the molecule is CC(C)NS(=O)(=O)Cc1ccccc1CNC(=O)CCc1cccnc1. The van der Waals surface area contributed by atoms with Crippen molar-refractivity contribution in [3.63, 3.8) is 0 Å². The Bertz CT molecular complexity index is 821. The van der Waals surface area contributed by atoms with E-state index in [0.717, 1.165) is 11.1 Å². The highest BCUT2D eigenvalue weighted by atomic mass is 32.2. The van der Waals surface area contributed by atoms with Gasteiger partial charge < -0.3 is 5.32 Å². The molecule has 0 spiro atoms. The van der Waals surface area contributed by atoms with Gasteiger partial charge in [0.05, 0.1) is 5.75 Å². The Kier molecular flexibility index (Phi) is 7.29. The number of aromatic nitrogens is 1. The van der Waals surface area contributed by atoms with E-state index in [2.05, 4.69) is 15.0 Å². The Morgan fingerprint density at radius 2 is 1.85 bits per heavy atom. The maximum Gasteiger partial charge on any atom is 0.220 e. The van der Waals surface area contributed by atoms with E-state index in [1.807, 2.05) is 24.3 Å². The number of hydrogen-bond donors (Lipinski definition) is 2. The second-order valence-electron chi connectivity index (χ2n) is 6.44. The summed E-state index contributed by atoms with van der Waals surface area (Å²) in [7, 11) is -3.41. The molecule has 0 aliphatic carbocycles. The predicted molar refractivity (Wildman–Crippen MR) is 102 cm³/mol. The van der Waals surface area contributed by atoms with Crippen LogP contribution in [0.25, 0.3) is 0 Å². The maximum absolute atomic E-state index is 12.2. The van der Waals surface area contributed by atoms with E-state index in [-0.39, 0.29) is 17.7 Å². The number of carbonyl (C=O) groups is 1. The summed E-state index contributed by atoms with van der Waals surface area (Å²) in [4.78, 5) is 16.1. The molecule has 1 aromatic heterocycles. The van der Waals surface area contributed by atoms with Gasteiger partial charge in [-0.2, -0.15) is 0 Å². The standard InChI is InChI=1S/C19H25N3O3S/c1-15(2)22-26(24,25)14-18-8-4-3-7-17(18)13-21-19(23)10-9-16-6-5-11-20-12-16/h3-8,11-12,15,22H,9-10,13-14H2,1-2H3,(H,21,23). The van der Waals surface area contributed by atoms with Crippen molar-refractivity contribution in [1.29, 1.82) is 0 Å². The summed E-state index contributed by atoms with van der Waals surface area (Å²) in [6.45, 7) is 3.87. The van der Waals surface area contributed by atoms with Crippen LogP contribution in [0.2, 0.25) is 0 Å². The highest BCUT2D eigenvalue weighted by Gasteiger charge is 2.15. The summed E-state index contributed by atoms with van der Waals surface area (Å²) in [5.41, 5.74) is 2.50. The molecule has 0 atom stereocenters. The van der Waals surface area contributed by atoms with Crippen molar-refractivity contribution in [2.24, 2.45) is 0 Å². The summed E-state index contributed by atoms with van der Waals surface area (Å²) in [6.07, 6.45) is 4.42. The maximum atomic E-state index is 12.2. The van der Waals surface area contributed by atoms with E-state index in [0.29, 0.717) is 24.9 Å². The number of hydrogen-bond acceptors (Lipinski definition) is 4. The number of benzene rings is 1. The first-order valence-corrected chi connectivity index (χ1v) is 10.2. The Morgan fingerprint density at radius 1 is 1.12 bits per heavy atom. The summed E-state index contributed by atoms with van der Waals surface area (Å²) in [6, 6.07) is 10.9. The highest BCUT2D eigenvalue weighted by molar-refractivity contribution is 7.88. The van der Waals surface area contributed by atoms with Gasteiger partial charge in [0.25, 0.3) is 0 Å². The van der Waals surface area contributed by atoms with E-state index >= 15 is 0 Å². The smallest absolute Gasteiger partial charge is 0.220 e. The predicted octanol–water partition coefficient (Wildman–Crippen LogP) is 2.16. The Morgan fingerprint density at radius 3 is 2.50 bits per heavy atom. The van der Waals surface area contributed by atoms with Gasteiger partial charge in [-0.1, -0.05) is 30.3 Å². The molecule has 0 aliphatic heterocycles. The minimum atomic E-state index is -3.41. The third-order valence-electron chi connectivity index (χ3n) is 3.72. The lowest BCUT2D eigenvalue weighted by molar-refractivity contribution is -0.121. The number of aryl methyl sites for hydroxylation is 1. The van der Waals surface area contributed by atoms with Crippen LogP contribution >= 0.6 is 0 Å². The van der Waals surface area contributed by atoms with Gasteiger partial charge in [-0.25, -0.2) is 13.1 Å². The lowest BCUT2D eigenvalue weighted by Crippen LogP contribution is -2.32. The van der Waals surface area contributed by atoms with Gasteiger partial charge in [0.15, 0.2) is 0 Å². The molecule has 6 nitrogen and oxygen atoms in total. The third-order valence-corrected chi connectivity index (χ3v) is 5.24. The Labute approximate surface area is 155 Å². The largest absolute Gasteiger partial charge is 0.352 e. The van der Waals surface area contributed by atoms with Crippen molar-refractivity contribution < 1.29 is 13.2 Å². The molecular formula is C19H25N3O3S. The van der Waals surface area contributed by atoms with Crippen LogP contribution in [0.15, 0.2) is 48.8 Å². The van der Waals surface area contributed by atoms with Gasteiger partial charge in [0.2, 0.25) is 15.9 Å². The van der Waals surface area contributed by atoms with Crippen molar-refractivity contribution in [2.75, 3.05) is 0 Å². The summed E-state index contributed by atoms with van der Waals surface area (Å²) in [5, 5.41) is 2.86. The van der Waals surface area contributed by atoms with E-state index < -0.39 is 10.0 Å². The van der Waals surface area contributed by atoms with Crippen molar-refractivity contribution in [2.45, 2.75) is 45.0 Å². The zero-order valence-corrected chi connectivity index (χ0v) is 15.9. The van der Waals surface area contributed by atoms with E-state index in [1.54, 1.807) is 38.4 Å². The average Bonchev–Trinajstić information content (AvgIpc) is 2.58. The topological polar surface area (TPSA) is 88.2 Å². The van der Waals surface area contributed by atoms with Gasteiger partial charge in [0.1, 0.15) is 0 Å². The van der Waals surface area contributed by atoms with Crippen LogP contribution in [0, 0.1) is 0 Å².